The minimum Gasteiger partial charge on any atom is -0.477 e. The van der Waals surface area contributed by atoms with Crippen LogP contribution in [0.1, 0.15) is 26.7 Å². The third-order valence-corrected chi connectivity index (χ3v) is 8.23. The zero-order valence-electron chi connectivity index (χ0n) is 16.6. The number of rotatable bonds is 6. The zero-order chi connectivity index (χ0) is 20.2. The molecule has 10 heteroatoms. The van der Waals surface area contributed by atoms with E-state index < -0.39 is 24.1 Å². The number of aliphatic carboxylic acids is 1. The molecular formula is C19H30ClN3O5S. The molecule has 3 saturated heterocycles. The van der Waals surface area contributed by atoms with Crippen molar-refractivity contribution in [3.05, 3.63) is 10.6 Å². The van der Waals surface area contributed by atoms with Crippen LogP contribution in [0.15, 0.2) is 10.6 Å². The summed E-state index contributed by atoms with van der Waals surface area (Å²) < 4.78 is 0. The van der Waals surface area contributed by atoms with Crippen LogP contribution in [-0.2, 0) is 9.59 Å². The van der Waals surface area contributed by atoms with Gasteiger partial charge in [0.05, 0.1) is 24.2 Å². The minimum absolute atomic E-state index is 0. The lowest BCUT2D eigenvalue weighted by molar-refractivity contribution is -0.163. The van der Waals surface area contributed by atoms with E-state index in [-0.39, 0.29) is 53.2 Å². The van der Waals surface area contributed by atoms with E-state index in [2.05, 4.69) is 10.6 Å². The van der Waals surface area contributed by atoms with Crippen molar-refractivity contribution in [2.45, 2.75) is 56.2 Å². The van der Waals surface area contributed by atoms with Crippen molar-refractivity contribution in [2.24, 2.45) is 17.8 Å². The van der Waals surface area contributed by atoms with E-state index in [1.54, 1.807) is 6.92 Å². The second kappa shape index (κ2) is 8.72. The maximum Gasteiger partial charge on any atom is 0.353 e. The molecule has 0 aliphatic carbocycles. The first-order valence-corrected chi connectivity index (χ1v) is 11.0. The van der Waals surface area contributed by atoms with Crippen molar-refractivity contribution in [3.8, 4) is 0 Å². The van der Waals surface area contributed by atoms with Crippen molar-refractivity contribution >= 4 is 36.0 Å². The lowest BCUT2D eigenvalue weighted by Gasteiger charge is -2.46. The Labute approximate surface area is 180 Å². The van der Waals surface area contributed by atoms with Gasteiger partial charge in [0.25, 0.3) is 0 Å². The lowest BCUT2D eigenvalue weighted by Crippen LogP contribution is -2.63. The number of β-lactam (4-membered cyclic amide) rings is 1. The van der Waals surface area contributed by atoms with E-state index in [1.807, 2.05) is 6.92 Å². The average molecular weight is 448 g/mol. The van der Waals surface area contributed by atoms with Gasteiger partial charge in [0.15, 0.2) is 0 Å². The number of aliphatic hydroxyl groups is 2. The van der Waals surface area contributed by atoms with Crippen LogP contribution in [0.4, 0.5) is 0 Å². The Bertz CT molecular complexity index is 699. The molecule has 0 bridgehead atoms. The summed E-state index contributed by atoms with van der Waals surface area (Å²) >= 11 is 1.52. The smallest absolute Gasteiger partial charge is 0.353 e. The highest BCUT2D eigenvalue weighted by atomic mass is 35.5. The molecular weight excluding hydrogens is 418 g/mol. The van der Waals surface area contributed by atoms with Gasteiger partial charge in [-0.3, -0.25) is 4.79 Å². The van der Waals surface area contributed by atoms with Crippen molar-refractivity contribution in [1.82, 2.24) is 15.5 Å². The Morgan fingerprint density at radius 2 is 2.03 bits per heavy atom. The number of amides is 1. The van der Waals surface area contributed by atoms with Crippen molar-refractivity contribution in [2.75, 3.05) is 19.6 Å². The van der Waals surface area contributed by atoms with Crippen LogP contribution >= 0.6 is 24.2 Å². The van der Waals surface area contributed by atoms with Gasteiger partial charge >= 0.3 is 5.97 Å². The largest absolute Gasteiger partial charge is 0.477 e. The molecule has 8 nitrogen and oxygen atoms in total. The van der Waals surface area contributed by atoms with Crippen LogP contribution in [0.25, 0.3) is 0 Å². The summed E-state index contributed by atoms with van der Waals surface area (Å²) in [5.41, 5.74) is 0.0772. The first-order valence-electron chi connectivity index (χ1n) is 10.1. The maximum absolute atomic E-state index is 12.4. The molecule has 3 fully saturated rings. The Morgan fingerprint density at radius 3 is 2.62 bits per heavy atom. The van der Waals surface area contributed by atoms with Gasteiger partial charge in [-0.25, -0.2) is 4.79 Å². The van der Waals surface area contributed by atoms with E-state index in [1.165, 1.54) is 16.7 Å². The number of thioether (sulfide) groups is 1. The van der Waals surface area contributed by atoms with Crippen LogP contribution < -0.4 is 10.6 Å². The number of nitrogens with one attached hydrogen (secondary N) is 2. The first kappa shape index (κ1) is 22.8. The number of fused-ring (bicyclic) bond motifs is 1. The third-order valence-electron chi connectivity index (χ3n) is 6.72. The summed E-state index contributed by atoms with van der Waals surface area (Å²) in [5, 5.41) is 37.2. The number of halogens is 1. The normalized spacial score (nSPS) is 38.5. The van der Waals surface area contributed by atoms with Gasteiger partial charge in [0.2, 0.25) is 5.91 Å². The number of carboxylic acid groups (broad SMARTS) is 1. The Hall–Kier alpha value is -0.840. The number of carboxylic acids is 1. The second-order valence-electron chi connectivity index (χ2n) is 8.51. The molecule has 0 aromatic rings. The zero-order valence-corrected chi connectivity index (χ0v) is 18.2. The molecule has 0 aromatic carbocycles. The molecule has 29 heavy (non-hydrogen) atoms. The number of aliphatic hydroxyl groups excluding tert-OH is 2. The number of carbonyl (C=O) groups excluding carboxylic acids is 1. The fourth-order valence-corrected chi connectivity index (χ4v) is 6.73. The van der Waals surface area contributed by atoms with Gasteiger partial charge in [-0.2, -0.15) is 0 Å². The SMILES string of the molecule is C[C@@H](O)[C@H]1C(=O)N2C(C(=O)O)=C(S[C@@H]3CN[C@H](C(O)[C@@H]4CCNC4)C3)[C@H](C)[C@H]12.Cl. The van der Waals surface area contributed by atoms with Crippen molar-refractivity contribution in [3.63, 3.8) is 0 Å². The fraction of sp³-hybridized carbons (Fsp3) is 0.789. The topological polar surface area (TPSA) is 122 Å². The van der Waals surface area contributed by atoms with Crippen molar-refractivity contribution < 1.29 is 24.9 Å². The number of hydrogen-bond acceptors (Lipinski definition) is 7. The summed E-state index contributed by atoms with van der Waals surface area (Å²) in [7, 11) is 0. The highest BCUT2D eigenvalue weighted by Crippen LogP contribution is 2.51. The highest BCUT2D eigenvalue weighted by molar-refractivity contribution is 8.03. The monoisotopic (exact) mass is 447 g/mol. The molecule has 1 amide bonds. The molecule has 8 atom stereocenters. The van der Waals surface area contributed by atoms with Crippen LogP contribution in [0.3, 0.4) is 0 Å². The Morgan fingerprint density at radius 1 is 1.31 bits per heavy atom. The van der Waals surface area contributed by atoms with Gasteiger partial charge in [-0.1, -0.05) is 6.92 Å². The molecule has 4 aliphatic rings. The summed E-state index contributed by atoms with van der Waals surface area (Å²) in [6.45, 7) is 6.00. The van der Waals surface area contributed by atoms with Crippen LogP contribution in [0.5, 0.6) is 0 Å². The summed E-state index contributed by atoms with van der Waals surface area (Å²) in [4.78, 5) is 26.4. The molecule has 4 heterocycles. The number of nitrogens with zero attached hydrogens (tertiary/aromatic N) is 1. The van der Waals surface area contributed by atoms with Gasteiger partial charge in [0, 0.05) is 41.1 Å². The molecule has 0 radical (unpaired) electrons. The lowest BCUT2D eigenvalue weighted by atomic mass is 9.79. The van der Waals surface area contributed by atoms with Crippen LogP contribution in [0, 0.1) is 17.8 Å². The van der Waals surface area contributed by atoms with E-state index in [0.717, 1.165) is 30.8 Å². The van der Waals surface area contributed by atoms with Gasteiger partial charge in [-0.15, -0.1) is 24.2 Å². The molecule has 4 aliphatic heterocycles. The van der Waals surface area contributed by atoms with Gasteiger partial charge in [0.1, 0.15) is 5.70 Å². The van der Waals surface area contributed by atoms with Crippen molar-refractivity contribution in [1.29, 1.82) is 0 Å². The minimum atomic E-state index is -1.09. The third kappa shape index (κ3) is 3.81. The van der Waals surface area contributed by atoms with Crippen LogP contribution in [-0.4, -0.2) is 81.3 Å². The Kier molecular flexibility index (Phi) is 6.87. The molecule has 164 valence electrons. The molecule has 4 rings (SSSR count). The average Bonchev–Trinajstić information content (AvgIpc) is 3.35. The first-order chi connectivity index (χ1) is 13.3. The quantitative estimate of drug-likeness (QED) is 0.360. The highest BCUT2D eigenvalue weighted by Gasteiger charge is 2.60. The fourth-order valence-electron chi connectivity index (χ4n) is 5.24. The maximum atomic E-state index is 12.4. The molecule has 1 unspecified atom stereocenters. The molecule has 0 spiro atoms. The second-order valence-corrected chi connectivity index (χ2v) is 9.85. The van der Waals surface area contributed by atoms with E-state index >= 15 is 0 Å². The predicted molar refractivity (Wildman–Crippen MR) is 112 cm³/mol. The van der Waals surface area contributed by atoms with E-state index in [4.69, 9.17) is 0 Å². The summed E-state index contributed by atoms with van der Waals surface area (Å²) in [5.74, 6) is -1.78. The number of hydrogen-bond donors (Lipinski definition) is 5. The molecule has 0 aromatic heterocycles. The van der Waals surface area contributed by atoms with Crippen LogP contribution in [0.2, 0.25) is 0 Å². The van der Waals surface area contributed by atoms with Gasteiger partial charge in [-0.05, 0) is 26.3 Å². The standard InChI is InChI=1S/C19H29N3O5S.ClH/c1-8-14-13(9(2)23)18(25)22(14)15(19(26)27)17(8)28-11-5-12(21-7-11)16(24)10-3-4-20-6-10;/h8-14,16,20-21,23-24H,3-7H2,1-2H3,(H,26,27);1H/t8-,9-,10-,11+,12+,13-,14-,16?;/m1./s1. The summed E-state index contributed by atoms with van der Waals surface area (Å²) in [6, 6.07) is -0.265. The Balaban J connectivity index is 0.00000240. The molecule has 0 saturated carbocycles. The van der Waals surface area contributed by atoms with E-state index in [0.29, 0.717) is 6.54 Å². The molecule has 5 N–H and O–H groups in total. The summed E-state index contributed by atoms with van der Waals surface area (Å²) in [6.07, 6.45) is 0.547. The number of carbonyl (C=O) groups is 2. The predicted octanol–water partition coefficient (Wildman–Crippen LogP) is -0.00400. The van der Waals surface area contributed by atoms with E-state index in [9.17, 15) is 24.9 Å². The van der Waals surface area contributed by atoms with Gasteiger partial charge < -0.3 is 30.9 Å².